The largest absolute Gasteiger partial charge is 0.384 e. The van der Waals surface area contributed by atoms with Crippen molar-refractivity contribution in [2.24, 2.45) is 16.8 Å². The molecule has 1 atom stereocenters. The Bertz CT molecular complexity index is 551. The van der Waals surface area contributed by atoms with Gasteiger partial charge in [0.2, 0.25) is 5.96 Å². The number of aliphatic imine (C=N–C) groups is 1. The number of guanidine groups is 1. The molecule has 3 fully saturated rings. The van der Waals surface area contributed by atoms with Gasteiger partial charge < -0.3 is 11.1 Å². The Kier molecular flexibility index (Phi) is 3.91. The summed E-state index contributed by atoms with van der Waals surface area (Å²) in [6.45, 7) is 0. The lowest BCUT2D eigenvalue weighted by Crippen LogP contribution is -2.37. The molecule has 6 heteroatoms. The average Bonchev–Trinajstić information content (AvgIpc) is 2.51. The molecule has 0 aliphatic heterocycles. The highest BCUT2D eigenvalue weighted by molar-refractivity contribution is 5.94. The predicted molar refractivity (Wildman–Crippen MR) is 82.3 cm³/mol. The molecule has 110 valence electrons. The normalized spacial score (nSPS) is 28.0. The van der Waals surface area contributed by atoms with Gasteiger partial charge in [-0.25, -0.2) is 9.98 Å². The molecule has 0 spiro atoms. The van der Waals surface area contributed by atoms with E-state index in [1.807, 2.05) is 12.3 Å². The van der Waals surface area contributed by atoms with Crippen LogP contribution in [0.3, 0.4) is 0 Å². The van der Waals surface area contributed by atoms with Gasteiger partial charge in [0.05, 0.1) is 17.9 Å². The van der Waals surface area contributed by atoms with Crippen LogP contribution in [0.4, 0.5) is 11.5 Å². The number of hydrogen-bond donors (Lipinski definition) is 3. The summed E-state index contributed by atoms with van der Waals surface area (Å²) in [5, 5.41) is 14.7. The molecular formula is C15H20N6. The minimum atomic E-state index is 0.322. The van der Waals surface area contributed by atoms with E-state index in [1.165, 1.54) is 25.7 Å². The van der Waals surface area contributed by atoms with Crippen molar-refractivity contribution in [3.05, 3.63) is 18.3 Å². The number of rotatable bonds is 2. The van der Waals surface area contributed by atoms with E-state index in [9.17, 15) is 0 Å². The van der Waals surface area contributed by atoms with Gasteiger partial charge in [-0.2, -0.15) is 5.26 Å². The summed E-state index contributed by atoms with van der Waals surface area (Å²) < 4.78 is 0. The van der Waals surface area contributed by atoms with Crippen LogP contribution in [-0.2, 0) is 0 Å². The van der Waals surface area contributed by atoms with Crippen LogP contribution in [0.15, 0.2) is 23.3 Å². The number of anilines is 2. The van der Waals surface area contributed by atoms with E-state index in [4.69, 9.17) is 16.0 Å². The van der Waals surface area contributed by atoms with Crippen molar-refractivity contribution in [1.29, 1.82) is 5.26 Å². The summed E-state index contributed by atoms with van der Waals surface area (Å²) in [6.07, 6.45) is 9.93. The van der Waals surface area contributed by atoms with Gasteiger partial charge in [-0.1, -0.05) is 12.8 Å². The molecule has 4 rings (SSSR count). The Labute approximate surface area is 124 Å². The van der Waals surface area contributed by atoms with E-state index in [2.05, 4.69) is 15.6 Å². The average molecular weight is 284 g/mol. The molecule has 21 heavy (non-hydrogen) atoms. The first kappa shape index (κ1) is 13.7. The van der Waals surface area contributed by atoms with E-state index in [0.717, 1.165) is 18.0 Å². The third kappa shape index (κ3) is 3.24. The van der Waals surface area contributed by atoms with Crippen LogP contribution in [-0.4, -0.2) is 17.0 Å². The fourth-order valence-corrected chi connectivity index (χ4v) is 3.43. The highest BCUT2D eigenvalue weighted by Crippen LogP contribution is 2.42. The minimum Gasteiger partial charge on any atom is -0.384 e. The molecule has 0 aromatic carbocycles. The molecule has 0 amide bonds. The maximum Gasteiger partial charge on any atom is 0.209 e. The van der Waals surface area contributed by atoms with E-state index >= 15 is 0 Å². The van der Waals surface area contributed by atoms with Crippen molar-refractivity contribution >= 4 is 17.5 Å². The maximum absolute atomic E-state index is 8.90. The number of fused-ring (bicyclic) bond motifs is 3. The van der Waals surface area contributed by atoms with Crippen LogP contribution in [0.2, 0.25) is 0 Å². The van der Waals surface area contributed by atoms with Gasteiger partial charge in [0.25, 0.3) is 0 Å². The van der Waals surface area contributed by atoms with Gasteiger partial charge in [0, 0.05) is 0 Å². The highest BCUT2D eigenvalue weighted by Gasteiger charge is 2.35. The number of hydrogen-bond acceptors (Lipinski definition) is 4. The topological polar surface area (TPSA) is 99.1 Å². The molecule has 1 heterocycles. The zero-order valence-corrected chi connectivity index (χ0v) is 11.9. The van der Waals surface area contributed by atoms with Crippen LogP contribution >= 0.6 is 0 Å². The molecule has 4 N–H and O–H groups in total. The van der Waals surface area contributed by atoms with Crippen molar-refractivity contribution in [1.82, 2.24) is 10.3 Å². The molecular weight excluding hydrogens is 264 g/mol. The number of nitrogen functional groups attached to an aromatic ring is 1. The molecule has 2 bridgehead atoms. The fraction of sp³-hybridized carbons (Fsp3) is 0.533. The quantitative estimate of drug-likeness (QED) is 0.334. The third-order valence-electron chi connectivity index (χ3n) is 4.53. The smallest absolute Gasteiger partial charge is 0.209 e. The third-order valence-corrected chi connectivity index (χ3v) is 4.53. The van der Waals surface area contributed by atoms with Crippen molar-refractivity contribution < 1.29 is 0 Å². The van der Waals surface area contributed by atoms with E-state index in [0.29, 0.717) is 23.7 Å². The molecule has 3 saturated carbocycles. The van der Waals surface area contributed by atoms with Gasteiger partial charge in [0.1, 0.15) is 5.82 Å². The van der Waals surface area contributed by atoms with Crippen LogP contribution in [0.1, 0.15) is 32.1 Å². The first-order valence-corrected chi connectivity index (χ1v) is 7.46. The summed E-state index contributed by atoms with van der Waals surface area (Å²) in [7, 11) is 0. The minimum absolute atomic E-state index is 0.322. The van der Waals surface area contributed by atoms with Crippen molar-refractivity contribution in [3.63, 3.8) is 0 Å². The lowest BCUT2D eigenvalue weighted by molar-refractivity contribution is 0.148. The fourth-order valence-electron chi connectivity index (χ4n) is 3.43. The van der Waals surface area contributed by atoms with Crippen molar-refractivity contribution in [2.45, 2.75) is 38.1 Å². The molecule has 3 aliphatic carbocycles. The van der Waals surface area contributed by atoms with E-state index < -0.39 is 0 Å². The highest BCUT2D eigenvalue weighted by atomic mass is 15.2. The Hall–Kier alpha value is -2.29. The van der Waals surface area contributed by atoms with Gasteiger partial charge in [-0.15, -0.1) is 0 Å². The van der Waals surface area contributed by atoms with Crippen molar-refractivity contribution in [2.75, 3.05) is 11.1 Å². The van der Waals surface area contributed by atoms with Gasteiger partial charge in [0.15, 0.2) is 6.19 Å². The number of nitriles is 1. The lowest BCUT2D eigenvalue weighted by Gasteiger charge is -2.40. The zero-order chi connectivity index (χ0) is 14.7. The summed E-state index contributed by atoms with van der Waals surface area (Å²) >= 11 is 0. The molecule has 1 aromatic rings. The molecule has 3 aliphatic rings. The second kappa shape index (κ2) is 6.00. The van der Waals surface area contributed by atoms with Gasteiger partial charge >= 0.3 is 0 Å². The SMILES string of the molecule is N#CNC(=N[C@@H]1CC2CCC1CC2)Nc1ccc(N)nc1. The summed E-state index contributed by atoms with van der Waals surface area (Å²) in [6, 6.07) is 3.86. The molecule has 0 unspecified atom stereocenters. The van der Waals surface area contributed by atoms with Crippen molar-refractivity contribution in [3.8, 4) is 6.19 Å². The van der Waals surface area contributed by atoms with Crippen LogP contribution in [0, 0.1) is 23.3 Å². The Balaban J connectivity index is 1.73. The van der Waals surface area contributed by atoms with Crippen LogP contribution in [0.5, 0.6) is 0 Å². The predicted octanol–water partition coefficient (Wildman–Crippen LogP) is 2.08. The summed E-state index contributed by atoms with van der Waals surface area (Å²) in [4.78, 5) is 8.77. The second-order valence-electron chi connectivity index (χ2n) is 5.90. The first-order chi connectivity index (χ1) is 10.2. The van der Waals surface area contributed by atoms with Crippen LogP contribution in [0.25, 0.3) is 0 Å². The first-order valence-electron chi connectivity index (χ1n) is 7.46. The summed E-state index contributed by atoms with van der Waals surface area (Å²) in [5.74, 6) is 2.45. The number of pyridine rings is 1. The number of aromatic nitrogens is 1. The summed E-state index contributed by atoms with van der Waals surface area (Å²) in [5.41, 5.74) is 6.34. The zero-order valence-electron chi connectivity index (χ0n) is 11.9. The number of nitrogens with one attached hydrogen (secondary N) is 2. The molecule has 0 radical (unpaired) electrons. The molecule has 6 nitrogen and oxygen atoms in total. The standard InChI is InChI=1S/C15H20N6/c16-9-19-15(20-12-5-6-14(17)18-8-12)21-13-7-10-1-3-11(13)4-2-10/h5-6,8,10-11,13H,1-4,7H2,(H2,17,18)(H2,19,20,21)/t10?,11?,13-/m1/s1. The van der Waals surface area contributed by atoms with Gasteiger partial charge in [-0.3, -0.25) is 5.32 Å². The molecule has 1 aromatic heterocycles. The monoisotopic (exact) mass is 284 g/mol. The number of nitrogens with zero attached hydrogens (tertiary/aromatic N) is 3. The Morgan fingerprint density at radius 1 is 1.33 bits per heavy atom. The Morgan fingerprint density at radius 3 is 2.71 bits per heavy atom. The molecule has 0 saturated heterocycles. The lowest BCUT2D eigenvalue weighted by atomic mass is 9.68. The second-order valence-corrected chi connectivity index (χ2v) is 5.90. The number of nitrogens with two attached hydrogens (primary N) is 1. The van der Waals surface area contributed by atoms with E-state index in [1.54, 1.807) is 12.3 Å². The maximum atomic E-state index is 8.90. The van der Waals surface area contributed by atoms with E-state index in [-0.39, 0.29) is 0 Å². The van der Waals surface area contributed by atoms with Crippen LogP contribution < -0.4 is 16.4 Å². The Morgan fingerprint density at radius 2 is 2.14 bits per heavy atom. The van der Waals surface area contributed by atoms with Gasteiger partial charge in [-0.05, 0) is 43.2 Å².